The van der Waals surface area contributed by atoms with Gasteiger partial charge >= 0.3 is 0 Å². The van der Waals surface area contributed by atoms with Crippen molar-refractivity contribution in [3.63, 3.8) is 0 Å². The van der Waals surface area contributed by atoms with Gasteiger partial charge in [-0.25, -0.2) is 0 Å². The van der Waals surface area contributed by atoms with Crippen molar-refractivity contribution in [1.82, 2.24) is 0 Å². The Labute approximate surface area is 61.2 Å². The van der Waals surface area contributed by atoms with Gasteiger partial charge in [0.15, 0.2) is 0 Å². The van der Waals surface area contributed by atoms with Gasteiger partial charge in [0.05, 0.1) is 0 Å². The molecule has 0 rings (SSSR count). The molecule has 0 fully saturated rings. The van der Waals surface area contributed by atoms with Crippen LogP contribution < -0.4 is 0 Å². The third kappa shape index (κ3) is 5.32. The lowest BCUT2D eigenvalue weighted by Crippen LogP contribution is -1.95. The van der Waals surface area contributed by atoms with Crippen molar-refractivity contribution in [1.29, 1.82) is 0 Å². The normalized spacial score (nSPS) is 11.3. The number of carbonyl (C=O) groups excluding carboxylic acids is 1. The maximum Gasteiger partial charge on any atom is 0.219 e. The smallest absolute Gasteiger partial charge is 0.219 e. The fourth-order valence-electron chi connectivity index (χ4n) is 0.547. The molecule has 2 heteroatoms. The zero-order valence-electron chi connectivity index (χ0n) is 5.60. The predicted octanol–water partition coefficient (Wildman–Crippen LogP) is 1.76. The van der Waals surface area contributed by atoms with Gasteiger partial charge in [-0.3, -0.25) is 4.79 Å². The molecule has 0 saturated heterocycles. The van der Waals surface area contributed by atoms with Crippen molar-refractivity contribution in [3.05, 3.63) is 0 Å². The minimum absolute atomic E-state index is 0.125. The Morgan fingerprint density at radius 2 is 2.33 bits per heavy atom. The minimum atomic E-state index is -0.203. The Morgan fingerprint density at radius 1 is 1.78 bits per heavy atom. The SMILES string of the molecule is CC#CC(C)CC(=O)[S]. The largest absolute Gasteiger partial charge is 0.282 e. The van der Waals surface area contributed by atoms with Crippen LogP contribution in [0.15, 0.2) is 0 Å². The molecule has 9 heavy (non-hydrogen) atoms. The van der Waals surface area contributed by atoms with Gasteiger partial charge in [-0.1, -0.05) is 12.8 Å². The van der Waals surface area contributed by atoms with Crippen LogP contribution in [0.25, 0.3) is 0 Å². The molecule has 0 bridgehead atoms. The van der Waals surface area contributed by atoms with Gasteiger partial charge in [0, 0.05) is 12.3 Å². The summed E-state index contributed by atoms with van der Waals surface area (Å²) >= 11 is 4.36. The highest BCUT2D eigenvalue weighted by Gasteiger charge is 2.01. The van der Waals surface area contributed by atoms with Crippen LogP contribution in [0.5, 0.6) is 0 Å². The van der Waals surface area contributed by atoms with Crippen LogP contribution >= 0.6 is 12.6 Å². The van der Waals surface area contributed by atoms with E-state index in [1.807, 2.05) is 6.92 Å². The van der Waals surface area contributed by atoms with Crippen LogP contribution in [-0.2, 0) is 4.79 Å². The average molecular weight is 141 g/mol. The topological polar surface area (TPSA) is 17.1 Å². The number of hydrogen-bond donors (Lipinski definition) is 0. The van der Waals surface area contributed by atoms with Crippen molar-refractivity contribution >= 4 is 17.7 Å². The first-order valence-corrected chi connectivity index (χ1v) is 3.19. The van der Waals surface area contributed by atoms with Crippen molar-refractivity contribution in [2.75, 3.05) is 0 Å². The molecular formula is C7H9OS. The van der Waals surface area contributed by atoms with Gasteiger partial charge < -0.3 is 0 Å². The van der Waals surface area contributed by atoms with Gasteiger partial charge in [0.1, 0.15) is 0 Å². The van der Waals surface area contributed by atoms with Gasteiger partial charge in [-0.15, -0.1) is 5.92 Å². The van der Waals surface area contributed by atoms with Crippen LogP contribution in [0.2, 0.25) is 0 Å². The van der Waals surface area contributed by atoms with Gasteiger partial charge in [0.25, 0.3) is 0 Å². The van der Waals surface area contributed by atoms with E-state index >= 15 is 0 Å². The Bertz CT molecular complexity index is 152. The molecule has 0 amide bonds. The highest BCUT2D eigenvalue weighted by atomic mass is 32.1. The third-order valence-corrected chi connectivity index (χ3v) is 1.03. The van der Waals surface area contributed by atoms with Crippen molar-refractivity contribution in [2.24, 2.45) is 5.92 Å². The lowest BCUT2D eigenvalue weighted by Gasteiger charge is -1.94. The number of hydrogen-bond acceptors (Lipinski definition) is 1. The minimum Gasteiger partial charge on any atom is -0.282 e. The van der Waals surface area contributed by atoms with E-state index in [-0.39, 0.29) is 11.0 Å². The molecule has 1 atom stereocenters. The molecule has 1 unspecified atom stereocenters. The summed E-state index contributed by atoms with van der Waals surface area (Å²) in [5.41, 5.74) is 0. The molecule has 1 radical (unpaired) electrons. The van der Waals surface area contributed by atoms with E-state index in [9.17, 15) is 4.79 Å². The van der Waals surface area contributed by atoms with Crippen LogP contribution in [0.4, 0.5) is 0 Å². The summed E-state index contributed by atoms with van der Waals surface area (Å²) in [6.07, 6.45) is 0.399. The van der Waals surface area contributed by atoms with Crippen LogP contribution in [0.1, 0.15) is 20.3 Å². The van der Waals surface area contributed by atoms with Crippen molar-refractivity contribution in [2.45, 2.75) is 20.3 Å². The quantitative estimate of drug-likeness (QED) is 0.535. The van der Waals surface area contributed by atoms with E-state index in [4.69, 9.17) is 0 Å². The maximum absolute atomic E-state index is 10.3. The second kappa shape index (κ2) is 4.34. The van der Waals surface area contributed by atoms with Gasteiger partial charge in [0.2, 0.25) is 5.12 Å². The fraction of sp³-hybridized carbons (Fsp3) is 0.571. The third-order valence-electron chi connectivity index (χ3n) is 0.864. The zero-order valence-corrected chi connectivity index (χ0v) is 6.42. The molecule has 0 aromatic carbocycles. The van der Waals surface area contributed by atoms with E-state index in [1.54, 1.807) is 6.92 Å². The van der Waals surface area contributed by atoms with Crippen molar-refractivity contribution < 1.29 is 4.79 Å². The molecule has 0 aromatic rings. The molecule has 0 aromatic heterocycles. The molecule has 1 nitrogen and oxygen atoms in total. The molecule has 49 valence electrons. The van der Waals surface area contributed by atoms with Crippen LogP contribution in [0.3, 0.4) is 0 Å². The van der Waals surface area contributed by atoms with E-state index in [1.165, 1.54) is 0 Å². The Kier molecular flexibility index (Phi) is 4.08. The van der Waals surface area contributed by atoms with Crippen LogP contribution in [-0.4, -0.2) is 5.12 Å². The molecule has 0 aliphatic rings. The van der Waals surface area contributed by atoms with Crippen molar-refractivity contribution in [3.8, 4) is 11.8 Å². The standard InChI is InChI=1S/C7H9OS/c1-3-4-6(2)5-7(8)9/h6H,5H2,1-2H3. The average Bonchev–Trinajstić information content (AvgIpc) is 1.63. The van der Waals surface area contributed by atoms with Gasteiger partial charge in [-0.05, 0) is 19.6 Å². The molecular weight excluding hydrogens is 132 g/mol. The van der Waals surface area contributed by atoms with Crippen LogP contribution in [0, 0.1) is 17.8 Å². The summed E-state index contributed by atoms with van der Waals surface area (Å²) in [5, 5.41) is -0.203. The number of carbonyl (C=O) groups is 1. The molecule has 0 aliphatic carbocycles. The summed E-state index contributed by atoms with van der Waals surface area (Å²) in [6.45, 7) is 3.64. The fourth-order valence-corrected chi connectivity index (χ4v) is 0.797. The highest BCUT2D eigenvalue weighted by molar-refractivity contribution is 7.96. The summed E-state index contributed by atoms with van der Waals surface area (Å²) in [5.74, 6) is 5.69. The van der Waals surface area contributed by atoms with E-state index in [2.05, 4.69) is 24.5 Å². The van der Waals surface area contributed by atoms with E-state index in [0.29, 0.717) is 6.42 Å². The summed E-state index contributed by atoms with van der Waals surface area (Å²) in [6, 6.07) is 0. The first-order chi connectivity index (χ1) is 4.16. The monoisotopic (exact) mass is 141 g/mol. The first-order valence-electron chi connectivity index (χ1n) is 2.79. The molecule has 0 N–H and O–H groups in total. The van der Waals surface area contributed by atoms with E-state index < -0.39 is 0 Å². The summed E-state index contributed by atoms with van der Waals surface area (Å²) < 4.78 is 0. The molecule has 0 heterocycles. The summed E-state index contributed by atoms with van der Waals surface area (Å²) in [7, 11) is 0. The summed E-state index contributed by atoms with van der Waals surface area (Å²) in [4.78, 5) is 10.3. The second-order valence-corrected chi connectivity index (χ2v) is 2.33. The Morgan fingerprint density at radius 3 is 2.67 bits per heavy atom. The lowest BCUT2D eigenvalue weighted by atomic mass is 10.1. The maximum atomic E-state index is 10.3. The lowest BCUT2D eigenvalue weighted by molar-refractivity contribution is -0.111. The molecule has 0 spiro atoms. The molecule has 0 saturated carbocycles. The Balaban J connectivity index is 3.59. The Hall–Kier alpha value is -0.550. The second-order valence-electron chi connectivity index (χ2n) is 1.87. The van der Waals surface area contributed by atoms with Gasteiger partial charge in [-0.2, -0.15) is 0 Å². The predicted molar refractivity (Wildman–Crippen MR) is 39.8 cm³/mol. The number of rotatable bonds is 2. The zero-order chi connectivity index (χ0) is 7.28. The first kappa shape index (κ1) is 8.45. The van der Waals surface area contributed by atoms with E-state index in [0.717, 1.165) is 0 Å². The highest BCUT2D eigenvalue weighted by Crippen LogP contribution is 2.01. The molecule has 0 aliphatic heterocycles.